The topological polar surface area (TPSA) is 99.6 Å². The average molecular weight is 452 g/mol. The van der Waals surface area contributed by atoms with E-state index in [-0.39, 0.29) is 11.4 Å². The highest BCUT2D eigenvalue weighted by Gasteiger charge is 2.34. The monoisotopic (exact) mass is 451 g/mol. The van der Waals surface area contributed by atoms with Crippen molar-refractivity contribution in [1.29, 1.82) is 0 Å². The van der Waals surface area contributed by atoms with Gasteiger partial charge < -0.3 is 25.4 Å². The van der Waals surface area contributed by atoms with Crippen molar-refractivity contribution < 1.29 is 14.6 Å². The number of ether oxygens (including phenoxy) is 1. The van der Waals surface area contributed by atoms with Gasteiger partial charge in [-0.2, -0.15) is 0 Å². The van der Waals surface area contributed by atoms with Crippen LogP contribution in [0.25, 0.3) is 0 Å². The highest BCUT2D eigenvalue weighted by molar-refractivity contribution is 7.17. The van der Waals surface area contributed by atoms with E-state index >= 15 is 0 Å². The molecule has 0 aliphatic carbocycles. The third kappa shape index (κ3) is 3.89. The van der Waals surface area contributed by atoms with Crippen molar-refractivity contribution in [3.8, 4) is 5.75 Å². The van der Waals surface area contributed by atoms with E-state index < -0.39 is 6.10 Å². The van der Waals surface area contributed by atoms with E-state index in [1.54, 1.807) is 13.0 Å². The molecule has 2 aliphatic heterocycles. The summed E-state index contributed by atoms with van der Waals surface area (Å²) < 4.78 is 5.87. The van der Waals surface area contributed by atoms with Crippen molar-refractivity contribution in [2.75, 3.05) is 23.4 Å². The second-order valence-corrected chi connectivity index (χ2v) is 9.70. The average Bonchev–Trinajstić information content (AvgIpc) is 3.16. The van der Waals surface area contributed by atoms with Crippen LogP contribution in [0.5, 0.6) is 5.75 Å². The molecular weight excluding hydrogens is 426 g/mol. The van der Waals surface area contributed by atoms with Gasteiger partial charge >= 0.3 is 0 Å². The number of hydrogen-bond acceptors (Lipinski definition) is 8. The summed E-state index contributed by atoms with van der Waals surface area (Å²) in [6.07, 6.45) is 0.0663. The number of carbonyl (C=O) groups is 1. The van der Waals surface area contributed by atoms with E-state index in [4.69, 9.17) is 9.72 Å². The Bertz CT molecular complexity index is 1190. The lowest BCUT2D eigenvalue weighted by atomic mass is 9.94. The minimum Gasteiger partial charge on any atom is -0.490 e. The molecule has 0 bridgehead atoms. The van der Waals surface area contributed by atoms with E-state index in [0.717, 1.165) is 27.9 Å². The smallest absolute Gasteiger partial charge is 0.263 e. The van der Waals surface area contributed by atoms with Gasteiger partial charge in [0.2, 0.25) is 0 Å². The van der Waals surface area contributed by atoms with Crippen molar-refractivity contribution in [3.05, 3.63) is 52.7 Å². The molecule has 0 fully saturated rings. The van der Waals surface area contributed by atoms with Gasteiger partial charge in [0.25, 0.3) is 5.91 Å². The van der Waals surface area contributed by atoms with Gasteiger partial charge in [0.05, 0.1) is 29.7 Å². The number of aliphatic hydroxyl groups excluding tert-OH is 1. The number of nitrogens with one attached hydrogen (secondary N) is 2. The Balaban J connectivity index is 1.46. The maximum Gasteiger partial charge on any atom is 0.263 e. The number of fused-ring (bicyclic) bond motifs is 2. The fraction of sp³-hybridized carbons (Fsp3) is 0.348. The van der Waals surface area contributed by atoms with Crippen LogP contribution in [-0.4, -0.2) is 39.7 Å². The summed E-state index contributed by atoms with van der Waals surface area (Å²) in [6, 6.07) is 11.4. The number of aliphatic hydroxyl groups is 1. The Morgan fingerprint density at radius 1 is 1.28 bits per heavy atom. The van der Waals surface area contributed by atoms with Gasteiger partial charge in [-0.3, -0.25) is 4.79 Å². The molecular formula is C23H25N5O3S. The largest absolute Gasteiger partial charge is 0.490 e. The van der Waals surface area contributed by atoms with Gasteiger partial charge in [-0.15, -0.1) is 0 Å². The first-order chi connectivity index (χ1) is 15.3. The van der Waals surface area contributed by atoms with Crippen LogP contribution in [0.2, 0.25) is 0 Å². The molecule has 2 aromatic heterocycles. The molecule has 5 rings (SSSR count). The molecule has 1 unspecified atom stereocenters. The fourth-order valence-corrected chi connectivity index (χ4v) is 4.99. The third-order valence-electron chi connectivity index (χ3n) is 5.48. The predicted molar refractivity (Wildman–Crippen MR) is 124 cm³/mol. The van der Waals surface area contributed by atoms with Crippen molar-refractivity contribution in [2.45, 2.75) is 38.8 Å². The molecule has 166 valence electrons. The Morgan fingerprint density at radius 3 is 2.94 bits per heavy atom. The van der Waals surface area contributed by atoms with Crippen molar-refractivity contribution >= 4 is 39.6 Å². The minimum absolute atomic E-state index is 0.0621. The molecule has 0 saturated heterocycles. The number of hydrogen-bond donors (Lipinski definition) is 3. The van der Waals surface area contributed by atoms with E-state index in [1.807, 2.05) is 44.2 Å². The molecule has 0 radical (unpaired) electrons. The third-order valence-corrected chi connectivity index (χ3v) is 6.60. The maximum atomic E-state index is 12.6. The summed E-state index contributed by atoms with van der Waals surface area (Å²) >= 11 is 1.42. The molecule has 1 amide bonds. The molecule has 8 nitrogen and oxygen atoms in total. The Kier molecular flexibility index (Phi) is 5.02. The zero-order chi connectivity index (χ0) is 22.5. The summed E-state index contributed by atoms with van der Waals surface area (Å²) in [4.78, 5) is 24.6. The number of anilines is 4. The number of benzene rings is 1. The quantitative estimate of drug-likeness (QED) is 0.553. The Labute approximate surface area is 190 Å². The summed E-state index contributed by atoms with van der Waals surface area (Å²) in [5.41, 5.74) is 2.88. The lowest BCUT2D eigenvalue weighted by molar-refractivity contribution is 0.0901. The zero-order valence-corrected chi connectivity index (χ0v) is 19.0. The van der Waals surface area contributed by atoms with Crippen molar-refractivity contribution in [2.24, 2.45) is 0 Å². The summed E-state index contributed by atoms with van der Waals surface area (Å²) in [5, 5.41) is 16.9. The highest BCUT2D eigenvalue weighted by Crippen LogP contribution is 2.42. The van der Waals surface area contributed by atoms with Gasteiger partial charge in [-0.05, 0) is 51.1 Å². The molecule has 0 spiro atoms. The molecule has 32 heavy (non-hydrogen) atoms. The van der Waals surface area contributed by atoms with Crippen LogP contribution < -0.4 is 20.3 Å². The predicted octanol–water partition coefficient (Wildman–Crippen LogP) is 3.93. The van der Waals surface area contributed by atoms with E-state index in [0.29, 0.717) is 36.0 Å². The normalized spacial score (nSPS) is 17.6. The van der Waals surface area contributed by atoms with Crippen LogP contribution in [0.4, 0.5) is 22.3 Å². The van der Waals surface area contributed by atoms with Crippen LogP contribution in [0, 0.1) is 0 Å². The molecule has 1 atom stereocenters. The lowest BCUT2D eigenvalue weighted by Gasteiger charge is -2.30. The molecule has 3 N–H and O–H groups in total. The molecule has 2 aliphatic rings. The number of nitrogens with zero attached hydrogens (tertiary/aromatic N) is 3. The number of carbonyl (C=O) groups excluding carboxylic acids is 1. The van der Waals surface area contributed by atoms with Gasteiger partial charge in [0.1, 0.15) is 23.1 Å². The number of pyridine rings is 1. The summed E-state index contributed by atoms with van der Waals surface area (Å²) in [7, 11) is 0. The standard InChI is InChI=1S/C23H25N5O3S/c1-13(29)15-5-4-6-19(25-15)24-14-7-8-18-17(11-14)28(9-10-31-18)22-26-16-12-23(2,3)27-21(30)20(16)32-22/h4-8,11,13,29H,9-10,12H2,1-3H3,(H,24,25)(H,27,30). The highest BCUT2D eigenvalue weighted by atomic mass is 32.1. The maximum absolute atomic E-state index is 12.6. The SMILES string of the molecule is CC(O)c1cccc(Nc2ccc3c(c2)N(c2nc4c(s2)C(=O)NC(C)(C)C4)CCO3)n1. The van der Waals surface area contributed by atoms with Crippen LogP contribution in [-0.2, 0) is 6.42 Å². The molecule has 1 aromatic carbocycles. The second kappa shape index (κ2) is 7.75. The van der Waals surface area contributed by atoms with E-state index in [1.165, 1.54) is 11.3 Å². The first-order valence-corrected chi connectivity index (χ1v) is 11.4. The lowest BCUT2D eigenvalue weighted by Crippen LogP contribution is -2.48. The van der Waals surface area contributed by atoms with Gasteiger partial charge in [0, 0.05) is 17.6 Å². The second-order valence-electron chi connectivity index (χ2n) is 8.72. The van der Waals surface area contributed by atoms with E-state index in [9.17, 15) is 9.90 Å². The summed E-state index contributed by atoms with van der Waals surface area (Å²) in [5.74, 6) is 1.36. The van der Waals surface area contributed by atoms with E-state index in [2.05, 4.69) is 20.5 Å². The van der Waals surface area contributed by atoms with Crippen LogP contribution in [0.15, 0.2) is 36.4 Å². The molecule has 0 saturated carbocycles. The van der Waals surface area contributed by atoms with Crippen LogP contribution in [0.3, 0.4) is 0 Å². The van der Waals surface area contributed by atoms with Crippen LogP contribution in [0.1, 0.15) is 47.9 Å². The Morgan fingerprint density at radius 2 is 2.12 bits per heavy atom. The molecule has 4 heterocycles. The number of amides is 1. The zero-order valence-electron chi connectivity index (χ0n) is 18.2. The number of rotatable bonds is 4. The molecule has 9 heteroatoms. The number of aromatic nitrogens is 2. The summed E-state index contributed by atoms with van der Waals surface area (Å²) in [6.45, 7) is 6.89. The minimum atomic E-state index is -0.637. The van der Waals surface area contributed by atoms with Gasteiger partial charge in [0.15, 0.2) is 5.13 Å². The van der Waals surface area contributed by atoms with Gasteiger partial charge in [-0.25, -0.2) is 9.97 Å². The molecule has 3 aromatic rings. The van der Waals surface area contributed by atoms with Crippen molar-refractivity contribution in [3.63, 3.8) is 0 Å². The first-order valence-electron chi connectivity index (χ1n) is 10.6. The fourth-order valence-electron chi connectivity index (χ4n) is 3.97. The van der Waals surface area contributed by atoms with Gasteiger partial charge in [-0.1, -0.05) is 17.4 Å². The van der Waals surface area contributed by atoms with Crippen LogP contribution >= 0.6 is 11.3 Å². The first kappa shape index (κ1) is 20.7. The number of thiazole rings is 1. The van der Waals surface area contributed by atoms with Crippen molar-refractivity contribution in [1.82, 2.24) is 15.3 Å². The Hall–Kier alpha value is -3.17.